The molecule has 0 saturated carbocycles. The van der Waals surface area contributed by atoms with Gasteiger partial charge in [0.25, 0.3) is 0 Å². The molecule has 0 atom stereocenters. The molecule has 0 unspecified atom stereocenters. The van der Waals surface area contributed by atoms with Gasteiger partial charge in [-0.1, -0.05) is 31.6 Å². The maximum atomic E-state index is 3.75. The van der Waals surface area contributed by atoms with Crippen molar-refractivity contribution in [2.24, 2.45) is 0 Å². The molecule has 9 heavy (non-hydrogen) atoms. The molecular formula is C9H15. The van der Waals surface area contributed by atoms with Crippen LogP contribution in [0.5, 0.6) is 0 Å². The standard InChI is InChI=1S/C9H15/c1-3-5-7-9-8-6-4-2/h3,7,9H,1-2,4-6,8H2/b9-7+. The molecule has 0 saturated heterocycles. The van der Waals surface area contributed by atoms with Gasteiger partial charge >= 0.3 is 0 Å². The van der Waals surface area contributed by atoms with Crippen molar-refractivity contribution in [2.75, 3.05) is 0 Å². The molecule has 0 rings (SSSR count). The predicted octanol–water partition coefficient (Wildman–Crippen LogP) is 3.12. The number of rotatable bonds is 5. The van der Waals surface area contributed by atoms with Crippen LogP contribution in [0.3, 0.4) is 0 Å². The van der Waals surface area contributed by atoms with Crippen LogP contribution in [0.4, 0.5) is 0 Å². The average Bonchev–Trinajstić information content (AvgIpc) is 1.89. The van der Waals surface area contributed by atoms with E-state index in [9.17, 15) is 0 Å². The Hall–Kier alpha value is -0.520. The first-order valence-electron chi connectivity index (χ1n) is 3.47. The second kappa shape index (κ2) is 7.48. The lowest BCUT2D eigenvalue weighted by Crippen LogP contribution is -1.65. The highest BCUT2D eigenvalue weighted by molar-refractivity contribution is 4.87. The molecule has 0 N–H and O–H groups in total. The van der Waals surface area contributed by atoms with Crippen LogP contribution in [0.2, 0.25) is 0 Å². The highest BCUT2D eigenvalue weighted by Gasteiger charge is 1.75. The van der Waals surface area contributed by atoms with E-state index in [2.05, 4.69) is 25.7 Å². The van der Waals surface area contributed by atoms with Crippen molar-refractivity contribution in [2.45, 2.75) is 25.7 Å². The summed E-state index contributed by atoms with van der Waals surface area (Å²) < 4.78 is 0. The quantitative estimate of drug-likeness (QED) is 0.389. The molecule has 0 heteroatoms. The van der Waals surface area contributed by atoms with Gasteiger partial charge in [0, 0.05) is 0 Å². The Labute approximate surface area is 58.3 Å². The molecule has 0 bridgehead atoms. The molecule has 0 aliphatic carbocycles. The average molecular weight is 123 g/mol. The van der Waals surface area contributed by atoms with Crippen molar-refractivity contribution in [1.29, 1.82) is 0 Å². The Kier molecular flexibility index (Phi) is 7.05. The zero-order valence-electron chi connectivity index (χ0n) is 5.97. The van der Waals surface area contributed by atoms with E-state index in [1.54, 1.807) is 0 Å². The summed E-state index contributed by atoms with van der Waals surface area (Å²) in [7, 11) is 0. The Bertz CT molecular complexity index is 80.0. The van der Waals surface area contributed by atoms with Crippen molar-refractivity contribution < 1.29 is 0 Å². The lowest BCUT2D eigenvalue weighted by Gasteiger charge is -1.85. The molecule has 0 fully saturated rings. The fourth-order valence-corrected chi connectivity index (χ4v) is 0.572. The van der Waals surface area contributed by atoms with Crippen molar-refractivity contribution in [3.63, 3.8) is 0 Å². The first-order chi connectivity index (χ1) is 4.41. The van der Waals surface area contributed by atoms with Gasteiger partial charge in [0.15, 0.2) is 0 Å². The minimum Gasteiger partial charge on any atom is -0.103 e. The SMILES string of the molecule is [CH2]CCC/C=C/CC=C. The Morgan fingerprint density at radius 3 is 2.56 bits per heavy atom. The Balaban J connectivity index is 2.94. The summed E-state index contributed by atoms with van der Waals surface area (Å²) in [6.45, 7) is 7.36. The molecule has 0 aromatic carbocycles. The molecule has 0 aromatic rings. The molecule has 51 valence electrons. The maximum Gasteiger partial charge on any atom is -0.0172 e. The van der Waals surface area contributed by atoms with E-state index >= 15 is 0 Å². The largest absolute Gasteiger partial charge is 0.103 e. The van der Waals surface area contributed by atoms with Crippen LogP contribution >= 0.6 is 0 Å². The third kappa shape index (κ3) is 7.48. The normalized spacial score (nSPS) is 10.3. The minimum atomic E-state index is 0.997. The van der Waals surface area contributed by atoms with Gasteiger partial charge in [-0.2, -0.15) is 0 Å². The van der Waals surface area contributed by atoms with Crippen LogP contribution in [0.25, 0.3) is 0 Å². The molecule has 0 aliphatic rings. The van der Waals surface area contributed by atoms with Crippen LogP contribution in [-0.2, 0) is 0 Å². The highest BCUT2D eigenvalue weighted by Crippen LogP contribution is 1.95. The minimum absolute atomic E-state index is 0.997. The van der Waals surface area contributed by atoms with Gasteiger partial charge in [0.1, 0.15) is 0 Å². The van der Waals surface area contributed by atoms with Crippen molar-refractivity contribution in [3.8, 4) is 0 Å². The van der Waals surface area contributed by atoms with Crippen LogP contribution in [0.15, 0.2) is 24.8 Å². The van der Waals surface area contributed by atoms with Gasteiger partial charge in [0.2, 0.25) is 0 Å². The van der Waals surface area contributed by atoms with Crippen molar-refractivity contribution in [1.82, 2.24) is 0 Å². The topological polar surface area (TPSA) is 0 Å². The molecule has 1 radical (unpaired) electrons. The maximum absolute atomic E-state index is 3.75. The predicted molar refractivity (Wildman–Crippen MR) is 43.2 cm³/mol. The van der Waals surface area contributed by atoms with Gasteiger partial charge in [0.05, 0.1) is 0 Å². The first kappa shape index (κ1) is 8.48. The first-order valence-corrected chi connectivity index (χ1v) is 3.47. The number of hydrogen-bond acceptors (Lipinski definition) is 0. The lowest BCUT2D eigenvalue weighted by atomic mass is 10.2. The van der Waals surface area contributed by atoms with Gasteiger partial charge in [-0.3, -0.25) is 0 Å². The third-order valence-electron chi connectivity index (χ3n) is 1.09. The zero-order valence-corrected chi connectivity index (χ0v) is 5.97. The zero-order chi connectivity index (χ0) is 6.95. The second-order valence-corrected chi connectivity index (χ2v) is 1.99. The van der Waals surface area contributed by atoms with Crippen molar-refractivity contribution >= 4 is 0 Å². The summed E-state index contributed by atoms with van der Waals surface area (Å²) >= 11 is 0. The van der Waals surface area contributed by atoms with E-state index in [0.717, 1.165) is 19.3 Å². The van der Waals surface area contributed by atoms with Crippen LogP contribution in [0.1, 0.15) is 25.7 Å². The fraction of sp³-hybridized carbons (Fsp3) is 0.444. The Morgan fingerprint density at radius 1 is 1.22 bits per heavy atom. The summed E-state index contributed by atoms with van der Waals surface area (Å²) in [5, 5.41) is 0. The van der Waals surface area contributed by atoms with Crippen molar-refractivity contribution in [3.05, 3.63) is 31.7 Å². The van der Waals surface area contributed by atoms with E-state index in [1.165, 1.54) is 6.42 Å². The summed E-state index contributed by atoms with van der Waals surface area (Å²) in [5.74, 6) is 0. The summed E-state index contributed by atoms with van der Waals surface area (Å²) in [4.78, 5) is 0. The number of unbranched alkanes of at least 4 members (excludes halogenated alkanes) is 2. The highest BCUT2D eigenvalue weighted by atomic mass is 13.8. The molecule has 0 spiro atoms. The smallest absolute Gasteiger partial charge is 0.0172 e. The monoisotopic (exact) mass is 123 g/mol. The molecular weight excluding hydrogens is 108 g/mol. The molecule has 0 heterocycles. The van der Waals surface area contributed by atoms with E-state index in [0.29, 0.717) is 0 Å². The van der Waals surface area contributed by atoms with Gasteiger partial charge in [-0.15, -0.1) is 6.58 Å². The van der Waals surface area contributed by atoms with Gasteiger partial charge < -0.3 is 0 Å². The molecule has 0 nitrogen and oxygen atoms in total. The summed E-state index contributed by atoms with van der Waals surface area (Å²) in [6.07, 6.45) is 10.6. The Morgan fingerprint density at radius 2 is 2.00 bits per heavy atom. The summed E-state index contributed by atoms with van der Waals surface area (Å²) in [6, 6.07) is 0. The molecule has 0 amide bonds. The van der Waals surface area contributed by atoms with E-state index in [4.69, 9.17) is 0 Å². The second-order valence-electron chi connectivity index (χ2n) is 1.99. The lowest BCUT2D eigenvalue weighted by molar-refractivity contribution is 0.864. The van der Waals surface area contributed by atoms with Gasteiger partial charge in [-0.05, 0) is 19.3 Å². The van der Waals surface area contributed by atoms with Crippen LogP contribution < -0.4 is 0 Å². The third-order valence-corrected chi connectivity index (χ3v) is 1.09. The molecule has 0 aliphatic heterocycles. The summed E-state index contributed by atoms with van der Waals surface area (Å²) in [5.41, 5.74) is 0. The number of hydrogen-bond donors (Lipinski definition) is 0. The van der Waals surface area contributed by atoms with E-state index in [-0.39, 0.29) is 0 Å². The van der Waals surface area contributed by atoms with E-state index in [1.807, 2.05) is 6.08 Å². The van der Waals surface area contributed by atoms with E-state index < -0.39 is 0 Å². The number of allylic oxidation sites excluding steroid dienone is 3. The van der Waals surface area contributed by atoms with Crippen LogP contribution in [-0.4, -0.2) is 0 Å². The van der Waals surface area contributed by atoms with Crippen LogP contribution in [0, 0.1) is 6.92 Å². The van der Waals surface area contributed by atoms with Gasteiger partial charge in [-0.25, -0.2) is 0 Å². The fourth-order valence-electron chi connectivity index (χ4n) is 0.572. The molecule has 0 aromatic heterocycles.